The lowest BCUT2D eigenvalue weighted by Gasteiger charge is -2.21. The van der Waals surface area contributed by atoms with Crippen molar-refractivity contribution in [2.75, 3.05) is 12.3 Å². The van der Waals surface area contributed by atoms with Gasteiger partial charge in [-0.25, -0.2) is 13.2 Å². The molecule has 1 rings (SSSR count). The molecule has 1 fully saturated rings. The van der Waals surface area contributed by atoms with Gasteiger partial charge in [0.15, 0.2) is 0 Å². The van der Waals surface area contributed by atoms with Crippen molar-refractivity contribution in [3.8, 4) is 0 Å². The average Bonchev–Trinajstić information content (AvgIpc) is 2.92. The number of nitrogens with one attached hydrogen (secondary N) is 1. The van der Waals surface area contributed by atoms with Crippen LogP contribution >= 0.6 is 10.7 Å². The van der Waals surface area contributed by atoms with Crippen molar-refractivity contribution in [2.24, 2.45) is 11.8 Å². The summed E-state index contributed by atoms with van der Waals surface area (Å²) in [4.78, 5) is 11.5. The number of carbonyl (C=O) groups is 1. The molecule has 1 amide bonds. The number of rotatable bonds is 6. The Balaban J connectivity index is 2.41. The number of hydrogen-bond donors (Lipinski definition) is 1. The van der Waals surface area contributed by atoms with Crippen LogP contribution in [-0.2, 0) is 13.8 Å². The second-order valence-electron chi connectivity index (χ2n) is 6.13. The van der Waals surface area contributed by atoms with Crippen molar-refractivity contribution in [1.82, 2.24) is 5.32 Å². The maximum Gasteiger partial charge on any atom is 0.407 e. The van der Waals surface area contributed by atoms with Crippen LogP contribution in [0.25, 0.3) is 0 Å². The van der Waals surface area contributed by atoms with E-state index in [4.69, 9.17) is 15.4 Å². The third-order valence-corrected chi connectivity index (χ3v) is 3.98. The lowest BCUT2D eigenvalue weighted by atomic mass is 10.0. The van der Waals surface area contributed by atoms with Gasteiger partial charge in [-0.3, -0.25) is 0 Å². The molecule has 0 aromatic heterocycles. The molecule has 0 radical (unpaired) electrons. The van der Waals surface area contributed by atoms with E-state index in [1.54, 1.807) is 20.8 Å². The van der Waals surface area contributed by atoms with Crippen LogP contribution in [0.4, 0.5) is 4.79 Å². The minimum absolute atomic E-state index is 0.110. The molecule has 0 spiro atoms. The van der Waals surface area contributed by atoms with Crippen LogP contribution in [0.1, 0.15) is 40.0 Å². The molecule has 19 heavy (non-hydrogen) atoms. The molecular weight excluding hydrogens is 290 g/mol. The Morgan fingerprint density at radius 2 is 2.00 bits per heavy atom. The summed E-state index contributed by atoms with van der Waals surface area (Å²) in [5, 5.41) is 2.61. The molecule has 5 nitrogen and oxygen atoms in total. The lowest BCUT2D eigenvalue weighted by Crippen LogP contribution is -2.36. The molecule has 1 aliphatic rings. The number of alkyl carbamates (subject to hydrolysis) is 1. The number of halogens is 1. The van der Waals surface area contributed by atoms with Crippen LogP contribution in [0.3, 0.4) is 0 Å². The van der Waals surface area contributed by atoms with Crippen LogP contribution in [-0.4, -0.2) is 32.4 Å². The molecule has 1 aliphatic carbocycles. The van der Waals surface area contributed by atoms with E-state index in [0.29, 0.717) is 5.92 Å². The van der Waals surface area contributed by atoms with Gasteiger partial charge in [0.25, 0.3) is 0 Å². The number of hydrogen-bond acceptors (Lipinski definition) is 4. The molecule has 0 saturated heterocycles. The van der Waals surface area contributed by atoms with Gasteiger partial charge in [0.05, 0.1) is 5.75 Å². The molecule has 0 aromatic rings. The van der Waals surface area contributed by atoms with Gasteiger partial charge in [-0.2, -0.15) is 0 Å². The highest BCUT2D eigenvalue weighted by Crippen LogP contribution is 2.35. The van der Waals surface area contributed by atoms with E-state index < -0.39 is 20.7 Å². The summed E-state index contributed by atoms with van der Waals surface area (Å²) in [5.41, 5.74) is -0.561. The van der Waals surface area contributed by atoms with Crippen LogP contribution in [0.5, 0.6) is 0 Å². The minimum Gasteiger partial charge on any atom is -0.444 e. The zero-order valence-corrected chi connectivity index (χ0v) is 13.2. The number of amides is 1. The maximum atomic E-state index is 11.5. The Morgan fingerprint density at radius 1 is 1.42 bits per heavy atom. The Bertz CT molecular complexity index is 412. The summed E-state index contributed by atoms with van der Waals surface area (Å²) in [6.07, 6.45) is 2.51. The smallest absolute Gasteiger partial charge is 0.407 e. The average molecular weight is 312 g/mol. The Labute approximate surface area is 119 Å². The summed E-state index contributed by atoms with van der Waals surface area (Å²) in [5.74, 6) is 0.312. The fourth-order valence-corrected chi connectivity index (χ4v) is 3.21. The predicted molar refractivity (Wildman–Crippen MR) is 74.7 cm³/mol. The summed E-state index contributed by atoms with van der Waals surface area (Å²) < 4.78 is 27.4. The fourth-order valence-electron chi connectivity index (χ4n) is 1.86. The van der Waals surface area contributed by atoms with E-state index in [9.17, 15) is 13.2 Å². The van der Waals surface area contributed by atoms with E-state index >= 15 is 0 Å². The highest BCUT2D eigenvalue weighted by molar-refractivity contribution is 8.13. The molecule has 1 atom stereocenters. The highest BCUT2D eigenvalue weighted by Gasteiger charge is 2.28. The Kier molecular flexibility index (Phi) is 5.50. The van der Waals surface area contributed by atoms with Crippen LogP contribution < -0.4 is 5.32 Å². The molecule has 7 heteroatoms. The van der Waals surface area contributed by atoms with Crippen molar-refractivity contribution < 1.29 is 17.9 Å². The van der Waals surface area contributed by atoms with Gasteiger partial charge < -0.3 is 10.1 Å². The third kappa shape index (κ3) is 9.10. The van der Waals surface area contributed by atoms with Gasteiger partial charge in [-0.1, -0.05) is 12.8 Å². The van der Waals surface area contributed by atoms with E-state index in [0.717, 1.165) is 19.3 Å². The summed E-state index contributed by atoms with van der Waals surface area (Å²) in [7, 11) is 1.74. The fraction of sp³-hybridized carbons (Fsp3) is 0.917. The maximum absolute atomic E-state index is 11.5. The van der Waals surface area contributed by atoms with Crippen molar-refractivity contribution in [3.05, 3.63) is 0 Å². The zero-order valence-electron chi connectivity index (χ0n) is 11.6. The van der Waals surface area contributed by atoms with Gasteiger partial charge in [-0.15, -0.1) is 0 Å². The zero-order chi connectivity index (χ0) is 14.7. The Hall–Kier alpha value is -0.490. The lowest BCUT2D eigenvalue weighted by molar-refractivity contribution is 0.0519. The normalized spacial score (nSPS) is 17.9. The molecular formula is C12H22ClNO4S. The monoisotopic (exact) mass is 311 g/mol. The topological polar surface area (TPSA) is 72.5 Å². The second kappa shape index (κ2) is 6.31. The standard InChI is InChI=1S/C12H22ClNO4S/c1-12(2,3)18-11(15)14-7-10(6-9-4-5-9)8-19(13,16)17/h9-10H,4-8H2,1-3H3,(H,14,15). The molecule has 1 N–H and O–H groups in total. The molecule has 1 saturated carbocycles. The first-order valence-corrected chi connectivity index (χ1v) is 8.92. The highest BCUT2D eigenvalue weighted by atomic mass is 35.7. The van der Waals surface area contributed by atoms with Crippen molar-refractivity contribution in [1.29, 1.82) is 0 Å². The first-order valence-electron chi connectivity index (χ1n) is 6.44. The van der Waals surface area contributed by atoms with E-state index in [-0.39, 0.29) is 18.2 Å². The summed E-state index contributed by atoms with van der Waals surface area (Å²) in [6.45, 7) is 5.60. The van der Waals surface area contributed by atoms with Crippen LogP contribution in [0.15, 0.2) is 0 Å². The van der Waals surface area contributed by atoms with Gasteiger partial charge >= 0.3 is 6.09 Å². The first-order chi connectivity index (χ1) is 8.55. The molecule has 0 aliphatic heterocycles. The summed E-state index contributed by atoms with van der Waals surface area (Å²) >= 11 is 0. The quantitative estimate of drug-likeness (QED) is 0.765. The molecule has 1 unspecified atom stereocenters. The van der Waals surface area contributed by atoms with Crippen LogP contribution in [0.2, 0.25) is 0 Å². The number of carbonyl (C=O) groups excluding carboxylic acids is 1. The van der Waals surface area contributed by atoms with Crippen molar-refractivity contribution in [2.45, 2.75) is 45.6 Å². The van der Waals surface area contributed by atoms with Crippen LogP contribution in [0, 0.1) is 11.8 Å². The molecule has 0 heterocycles. The van der Waals surface area contributed by atoms with Crippen molar-refractivity contribution >= 4 is 25.8 Å². The van der Waals surface area contributed by atoms with Gasteiger partial charge in [0, 0.05) is 17.2 Å². The third-order valence-electron chi connectivity index (χ3n) is 2.73. The molecule has 0 aromatic carbocycles. The van der Waals surface area contributed by atoms with Gasteiger partial charge in [-0.05, 0) is 39.0 Å². The minimum atomic E-state index is -3.54. The number of ether oxygens (including phenoxy) is 1. The van der Waals surface area contributed by atoms with Gasteiger partial charge in [0.2, 0.25) is 9.05 Å². The van der Waals surface area contributed by atoms with E-state index in [2.05, 4.69) is 5.32 Å². The van der Waals surface area contributed by atoms with E-state index in [1.165, 1.54) is 0 Å². The SMILES string of the molecule is CC(C)(C)OC(=O)NCC(CC1CC1)CS(=O)(=O)Cl. The molecule has 112 valence electrons. The summed E-state index contributed by atoms with van der Waals surface area (Å²) in [6, 6.07) is 0. The molecule has 0 bridgehead atoms. The van der Waals surface area contributed by atoms with E-state index in [1.807, 2.05) is 0 Å². The largest absolute Gasteiger partial charge is 0.444 e. The first kappa shape index (κ1) is 16.6. The van der Waals surface area contributed by atoms with Crippen molar-refractivity contribution in [3.63, 3.8) is 0 Å². The van der Waals surface area contributed by atoms with Gasteiger partial charge in [0.1, 0.15) is 5.60 Å². The predicted octanol–water partition coefficient (Wildman–Crippen LogP) is 2.50. The second-order valence-corrected chi connectivity index (χ2v) is 8.96. The Morgan fingerprint density at radius 3 is 2.42 bits per heavy atom.